The minimum atomic E-state index is -0.176. The topological polar surface area (TPSA) is 22.0 Å². The molecule has 0 aromatic carbocycles. The summed E-state index contributed by atoms with van der Waals surface area (Å²) in [6, 6.07) is 0. The summed E-state index contributed by atoms with van der Waals surface area (Å²) < 4.78 is 1.48. The van der Waals surface area contributed by atoms with Gasteiger partial charge >= 0.3 is 5.24 Å². The number of thiol groups is 1. The van der Waals surface area contributed by atoms with E-state index in [-0.39, 0.29) is 5.24 Å². The van der Waals surface area contributed by atoms with Crippen molar-refractivity contribution in [2.24, 2.45) is 0 Å². The maximum absolute atomic E-state index is 9.95. The second-order valence-electron chi connectivity index (χ2n) is 0.689. The highest BCUT2D eigenvalue weighted by Crippen LogP contribution is 2.17. The molecule has 0 amide bonds. The van der Waals surface area contributed by atoms with E-state index < -0.39 is 0 Å². The molecular weight excluding hydrogens is 138 g/mol. The first-order valence-corrected chi connectivity index (χ1v) is 3.69. The van der Waals surface area contributed by atoms with Gasteiger partial charge < -0.3 is 0 Å². The highest BCUT2D eigenvalue weighted by molar-refractivity contribution is 7.98. The standard InChI is InChI=1S/CHNOS3/c3-1(4)2-5-6-2/h(H,3,4). The molecule has 0 fully saturated rings. The number of aromatic nitrogens is 1. The Balaban J connectivity index is 2.62. The zero-order valence-electron chi connectivity index (χ0n) is 2.62. The van der Waals surface area contributed by atoms with Crippen molar-refractivity contribution in [2.75, 3.05) is 0 Å². The third kappa shape index (κ3) is 0.859. The van der Waals surface area contributed by atoms with Crippen molar-refractivity contribution < 1.29 is 4.79 Å². The summed E-state index contributed by atoms with van der Waals surface area (Å²) >= 11 is 3.50. The normalized spacial score (nSPS) is 9.50. The first-order valence-electron chi connectivity index (χ1n) is 1.18. The van der Waals surface area contributed by atoms with Crippen LogP contribution in [-0.4, -0.2) is 8.59 Å². The quantitative estimate of drug-likeness (QED) is 0.427. The summed E-state index contributed by atoms with van der Waals surface area (Å²) in [5.41, 5.74) is 0. The van der Waals surface area contributed by atoms with Gasteiger partial charge in [0, 0.05) is 21.1 Å². The van der Waals surface area contributed by atoms with E-state index in [2.05, 4.69) is 12.6 Å². The van der Waals surface area contributed by atoms with Crippen LogP contribution in [-0.2, 0) is 0 Å². The summed E-state index contributed by atoms with van der Waals surface area (Å²) in [6.07, 6.45) is 0. The van der Waals surface area contributed by atoms with Gasteiger partial charge in [0.25, 0.3) is 0 Å². The fraction of sp³-hybridized carbons (Fsp3) is 0. The predicted molar refractivity (Wildman–Crippen MR) is 30.0 cm³/mol. The average Bonchev–Trinajstić information content (AvgIpc) is 2.06. The highest BCUT2D eigenvalue weighted by atomic mass is 33.0. The number of hydrogen-bond acceptors (Lipinski definition) is 3. The van der Waals surface area contributed by atoms with Crippen LogP contribution in [0.5, 0.6) is 0 Å². The number of nitrogens with zero attached hydrogens (tertiary/aromatic N) is 1. The van der Waals surface area contributed by atoms with Crippen molar-refractivity contribution in [3.63, 3.8) is 0 Å². The lowest BCUT2D eigenvalue weighted by molar-refractivity contribution is 0.265. The Hall–Kier alpha value is 0.260. The first-order chi connectivity index (χ1) is 2.80. The predicted octanol–water partition coefficient (Wildman–Crippen LogP) is 1.51. The average molecular weight is 139 g/mol. The lowest BCUT2D eigenvalue weighted by atomic mass is 11.5. The molecule has 5 heteroatoms. The highest BCUT2D eigenvalue weighted by Gasteiger charge is 2.01. The van der Waals surface area contributed by atoms with Crippen LogP contribution in [0.2, 0.25) is 0 Å². The zero-order valence-corrected chi connectivity index (χ0v) is 5.15. The van der Waals surface area contributed by atoms with Crippen molar-refractivity contribution in [3.05, 3.63) is 0 Å². The zero-order chi connectivity index (χ0) is 4.57. The Morgan fingerprint density at radius 2 is 2.17 bits per heavy atom. The SMILES string of the molecule is O=C(S)n1ss1. The summed E-state index contributed by atoms with van der Waals surface area (Å²) in [6.45, 7) is 0. The van der Waals surface area contributed by atoms with E-state index in [1.54, 1.807) is 0 Å². The van der Waals surface area contributed by atoms with Gasteiger partial charge in [0.05, 0.1) is 0 Å². The molecule has 1 aromatic rings. The van der Waals surface area contributed by atoms with Crippen LogP contribution >= 0.6 is 33.7 Å². The number of rotatable bonds is 0. The second kappa shape index (κ2) is 1.40. The molecule has 1 rings (SSSR count). The number of carbonyl (C=O) groups is 1. The molecule has 34 valence electrons. The molecule has 0 atom stereocenters. The van der Waals surface area contributed by atoms with Gasteiger partial charge in [0.2, 0.25) is 0 Å². The molecule has 0 aliphatic carbocycles. The van der Waals surface area contributed by atoms with Crippen molar-refractivity contribution in [3.8, 4) is 0 Å². The summed E-state index contributed by atoms with van der Waals surface area (Å²) in [7, 11) is 2.80. The molecule has 0 unspecified atom stereocenters. The van der Waals surface area contributed by atoms with E-state index in [0.29, 0.717) is 0 Å². The molecule has 0 bridgehead atoms. The van der Waals surface area contributed by atoms with Gasteiger partial charge in [-0.25, -0.2) is 0 Å². The molecule has 1 heterocycles. The summed E-state index contributed by atoms with van der Waals surface area (Å²) in [4.78, 5) is 9.95. The summed E-state index contributed by atoms with van der Waals surface area (Å²) in [5.74, 6) is 0. The van der Waals surface area contributed by atoms with E-state index >= 15 is 0 Å². The Kier molecular flexibility index (Phi) is 1.03. The van der Waals surface area contributed by atoms with Crippen LogP contribution in [0.25, 0.3) is 0 Å². The van der Waals surface area contributed by atoms with Gasteiger partial charge in [0.1, 0.15) is 0 Å². The fourth-order valence-corrected chi connectivity index (χ4v) is 1.32. The molecule has 0 radical (unpaired) electrons. The van der Waals surface area contributed by atoms with Crippen LogP contribution in [0.1, 0.15) is 0 Å². The third-order valence-electron chi connectivity index (χ3n) is 0.305. The Morgan fingerprint density at radius 1 is 1.67 bits per heavy atom. The molecule has 0 spiro atoms. The third-order valence-corrected chi connectivity index (χ3v) is 2.30. The Morgan fingerprint density at radius 3 is 2.17 bits per heavy atom. The van der Waals surface area contributed by atoms with Gasteiger partial charge in [-0.05, 0) is 0 Å². The monoisotopic (exact) mass is 139 g/mol. The largest absolute Gasteiger partial charge is 0.306 e. The molecule has 2 nitrogen and oxygen atoms in total. The first kappa shape index (κ1) is 4.42. The van der Waals surface area contributed by atoms with Crippen LogP contribution in [0, 0.1) is 0 Å². The molecule has 6 heavy (non-hydrogen) atoms. The van der Waals surface area contributed by atoms with Crippen molar-refractivity contribution in [2.45, 2.75) is 0 Å². The van der Waals surface area contributed by atoms with Crippen LogP contribution < -0.4 is 0 Å². The van der Waals surface area contributed by atoms with Gasteiger partial charge in [-0.1, -0.05) is 12.6 Å². The minimum absolute atomic E-state index is 0.176. The smallest absolute Gasteiger partial charge is 0.259 e. The second-order valence-corrected chi connectivity index (χ2v) is 3.23. The van der Waals surface area contributed by atoms with E-state index in [1.807, 2.05) is 0 Å². The van der Waals surface area contributed by atoms with Crippen molar-refractivity contribution in [1.82, 2.24) is 3.35 Å². The van der Waals surface area contributed by atoms with Crippen LogP contribution in [0.15, 0.2) is 0 Å². The molecule has 0 aliphatic heterocycles. The minimum Gasteiger partial charge on any atom is -0.259 e. The van der Waals surface area contributed by atoms with Gasteiger partial charge in [-0.3, -0.25) is 4.79 Å². The number of hydrogen-bond donors (Lipinski definition) is 1. The van der Waals surface area contributed by atoms with Gasteiger partial charge in [-0.2, -0.15) is 3.35 Å². The van der Waals surface area contributed by atoms with Crippen molar-refractivity contribution >= 4 is 38.9 Å². The molecule has 0 saturated carbocycles. The van der Waals surface area contributed by atoms with Crippen LogP contribution in [0.4, 0.5) is 4.79 Å². The van der Waals surface area contributed by atoms with Crippen molar-refractivity contribution in [1.29, 1.82) is 0 Å². The maximum atomic E-state index is 9.95. The van der Waals surface area contributed by atoms with E-state index in [1.165, 1.54) is 24.4 Å². The van der Waals surface area contributed by atoms with E-state index in [0.717, 1.165) is 0 Å². The van der Waals surface area contributed by atoms with E-state index in [4.69, 9.17) is 0 Å². The summed E-state index contributed by atoms with van der Waals surface area (Å²) in [5, 5.41) is -0.176. The molecule has 0 saturated heterocycles. The lowest BCUT2D eigenvalue weighted by Crippen LogP contribution is -1.82. The van der Waals surface area contributed by atoms with Gasteiger partial charge in [-0.15, -0.1) is 0 Å². The Labute approximate surface area is 47.5 Å². The Bertz CT molecular complexity index is 128. The van der Waals surface area contributed by atoms with Gasteiger partial charge in [0.15, 0.2) is 0 Å². The lowest BCUT2D eigenvalue weighted by Gasteiger charge is -1.68. The maximum Gasteiger partial charge on any atom is 0.306 e. The molecule has 1 aromatic heterocycles. The molecular formula is CHNOS3. The van der Waals surface area contributed by atoms with Crippen LogP contribution in [0.3, 0.4) is 0 Å². The fourth-order valence-electron chi connectivity index (χ4n) is 0.0804. The molecule has 0 N–H and O–H groups in total. The van der Waals surface area contributed by atoms with E-state index in [9.17, 15) is 4.79 Å². The molecule has 0 aliphatic rings. The number of carbonyl (C=O) groups excluding carboxylic acids is 1.